The van der Waals surface area contributed by atoms with Crippen LogP contribution in [0.2, 0.25) is 0 Å². The number of nitro groups is 1. The number of non-ortho nitro benzene ring substituents is 1. The van der Waals surface area contributed by atoms with Crippen molar-refractivity contribution in [2.45, 2.75) is 0 Å². The Bertz CT molecular complexity index is 706. The van der Waals surface area contributed by atoms with E-state index in [1.54, 1.807) is 0 Å². The van der Waals surface area contributed by atoms with E-state index >= 15 is 0 Å². The third-order valence-electron chi connectivity index (χ3n) is 2.65. The molecule has 0 saturated carbocycles. The molecule has 1 heterocycles. The first-order chi connectivity index (χ1) is 10.0. The summed E-state index contributed by atoms with van der Waals surface area (Å²) in [5.74, 6) is -1.54. The van der Waals surface area contributed by atoms with Crippen LogP contribution in [0.4, 0.5) is 15.8 Å². The van der Waals surface area contributed by atoms with Gasteiger partial charge in [0.15, 0.2) is 0 Å². The van der Waals surface area contributed by atoms with Crippen LogP contribution in [0.15, 0.2) is 36.5 Å². The van der Waals surface area contributed by atoms with E-state index in [0.29, 0.717) is 0 Å². The van der Waals surface area contributed by atoms with Gasteiger partial charge in [0.05, 0.1) is 29.4 Å². The van der Waals surface area contributed by atoms with Crippen LogP contribution >= 0.6 is 0 Å². The molecule has 0 aliphatic carbocycles. The summed E-state index contributed by atoms with van der Waals surface area (Å²) in [6.07, 6.45) is 1.22. The maximum absolute atomic E-state index is 13.4. The molecule has 1 amide bonds. The van der Waals surface area contributed by atoms with Crippen molar-refractivity contribution < 1.29 is 18.8 Å². The molecule has 1 aromatic carbocycles. The lowest BCUT2D eigenvalue weighted by Gasteiger charge is -2.10. The van der Waals surface area contributed by atoms with Gasteiger partial charge in [-0.1, -0.05) is 0 Å². The van der Waals surface area contributed by atoms with E-state index in [9.17, 15) is 19.3 Å². The molecule has 2 rings (SSSR count). The van der Waals surface area contributed by atoms with Gasteiger partial charge < -0.3 is 10.1 Å². The van der Waals surface area contributed by atoms with Crippen LogP contribution in [-0.4, -0.2) is 22.9 Å². The van der Waals surface area contributed by atoms with Gasteiger partial charge >= 0.3 is 0 Å². The monoisotopic (exact) mass is 291 g/mol. The molecule has 0 aliphatic heterocycles. The van der Waals surface area contributed by atoms with Gasteiger partial charge in [0.25, 0.3) is 11.6 Å². The Hall–Kier alpha value is -3.03. The fraction of sp³-hybridized carbons (Fsp3) is 0.0769. The van der Waals surface area contributed by atoms with E-state index in [1.807, 2.05) is 0 Å². The van der Waals surface area contributed by atoms with Crippen molar-refractivity contribution in [3.63, 3.8) is 0 Å². The summed E-state index contributed by atoms with van der Waals surface area (Å²) in [6, 6.07) is 6.37. The van der Waals surface area contributed by atoms with Gasteiger partial charge in [-0.3, -0.25) is 14.9 Å². The number of amides is 1. The maximum atomic E-state index is 13.4. The molecule has 7 nitrogen and oxygen atoms in total. The number of ether oxygens (including phenoxy) is 1. The number of benzene rings is 1. The van der Waals surface area contributed by atoms with E-state index < -0.39 is 16.8 Å². The molecule has 8 heteroatoms. The summed E-state index contributed by atoms with van der Waals surface area (Å²) in [4.78, 5) is 25.4. The topological polar surface area (TPSA) is 94.4 Å². The number of anilines is 1. The number of nitrogens with one attached hydrogen (secondary N) is 1. The van der Waals surface area contributed by atoms with Gasteiger partial charge in [-0.15, -0.1) is 0 Å². The third-order valence-corrected chi connectivity index (χ3v) is 2.65. The number of aromatic nitrogens is 1. The Morgan fingerprint density at radius 2 is 2.19 bits per heavy atom. The van der Waals surface area contributed by atoms with Crippen molar-refractivity contribution in [2.75, 3.05) is 12.4 Å². The van der Waals surface area contributed by atoms with Crippen molar-refractivity contribution in [1.29, 1.82) is 0 Å². The molecular weight excluding hydrogens is 281 g/mol. The van der Waals surface area contributed by atoms with Crippen molar-refractivity contribution in [3.8, 4) is 5.75 Å². The highest BCUT2D eigenvalue weighted by Gasteiger charge is 2.16. The van der Waals surface area contributed by atoms with Crippen LogP contribution in [0.3, 0.4) is 0 Å². The Labute approximate surface area is 118 Å². The number of methoxy groups -OCH3 is 1. The number of carbonyl (C=O) groups is 1. The summed E-state index contributed by atoms with van der Waals surface area (Å²) < 4.78 is 18.4. The quantitative estimate of drug-likeness (QED) is 0.530. The van der Waals surface area contributed by atoms with Gasteiger partial charge in [0.2, 0.25) is 5.95 Å². The Morgan fingerprint density at radius 1 is 1.43 bits per heavy atom. The SMILES string of the molecule is COc1cc([N+](=O)[O-])ccc1NC(=O)c1cccnc1F. The van der Waals surface area contributed by atoms with Gasteiger partial charge in [-0.05, 0) is 18.2 Å². The predicted molar refractivity (Wildman–Crippen MR) is 71.8 cm³/mol. The molecule has 2 aromatic rings. The molecule has 108 valence electrons. The fourth-order valence-corrected chi connectivity index (χ4v) is 1.64. The third kappa shape index (κ3) is 3.11. The second-order valence-corrected chi connectivity index (χ2v) is 3.94. The maximum Gasteiger partial charge on any atom is 0.273 e. The number of halogens is 1. The van der Waals surface area contributed by atoms with Crippen molar-refractivity contribution in [1.82, 2.24) is 4.98 Å². The van der Waals surface area contributed by atoms with Crippen LogP contribution < -0.4 is 10.1 Å². The highest BCUT2D eigenvalue weighted by molar-refractivity contribution is 6.05. The molecule has 0 saturated heterocycles. The average molecular weight is 291 g/mol. The number of nitro benzene ring substituents is 1. The molecule has 0 spiro atoms. The number of pyridine rings is 1. The Kier molecular flexibility index (Phi) is 4.07. The predicted octanol–water partition coefficient (Wildman–Crippen LogP) is 2.39. The van der Waals surface area contributed by atoms with Crippen LogP contribution in [0, 0.1) is 16.1 Å². The average Bonchev–Trinajstić information content (AvgIpc) is 2.47. The van der Waals surface area contributed by atoms with Gasteiger partial charge in [-0.25, -0.2) is 4.98 Å². The zero-order valence-corrected chi connectivity index (χ0v) is 10.9. The summed E-state index contributed by atoms with van der Waals surface area (Å²) in [5.41, 5.74) is -0.230. The summed E-state index contributed by atoms with van der Waals surface area (Å²) in [6.45, 7) is 0. The molecule has 0 bridgehead atoms. The van der Waals surface area contributed by atoms with E-state index in [-0.39, 0.29) is 22.7 Å². The Morgan fingerprint density at radius 3 is 2.81 bits per heavy atom. The lowest BCUT2D eigenvalue weighted by atomic mass is 10.2. The van der Waals surface area contributed by atoms with E-state index in [0.717, 1.165) is 6.07 Å². The fourth-order valence-electron chi connectivity index (χ4n) is 1.64. The lowest BCUT2D eigenvalue weighted by molar-refractivity contribution is -0.384. The van der Waals surface area contributed by atoms with E-state index in [1.165, 1.54) is 37.6 Å². The number of carbonyl (C=O) groups excluding carboxylic acids is 1. The lowest BCUT2D eigenvalue weighted by Crippen LogP contribution is -2.15. The second kappa shape index (κ2) is 5.95. The van der Waals surface area contributed by atoms with Crippen LogP contribution in [0.25, 0.3) is 0 Å². The Balaban J connectivity index is 2.29. The zero-order chi connectivity index (χ0) is 15.4. The van der Waals surface area contributed by atoms with Crippen LogP contribution in [-0.2, 0) is 0 Å². The minimum absolute atomic E-state index is 0.0989. The van der Waals surface area contributed by atoms with Gasteiger partial charge in [0.1, 0.15) is 5.75 Å². The normalized spacial score (nSPS) is 10.0. The number of hydrogen-bond acceptors (Lipinski definition) is 5. The summed E-state index contributed by atoms with van der Waals surface area (Å²) >= 11 is 0. The van der Waals surface area contributed by atoms with E-state index in [4.69, 9.17) is 4.74 Å². The highest BCUT2D eigenvalue weighted by Crippen LogP contribution is 2.29. The first-order valence-corrected chi connectivity index (χ1v) is 5.77. The molecule has 1 aromatic heterocycles. The standard InChI is InChI=1S/C13H10FN3O4/c1-21-11-7-8(17(19)20)4-5-10(11)16-13(18)9-3-2-6-15-12(9)14/h2-7H,1H3,(H,16,18). The molecular formula is C13H10FN3O4. The van der Waals surface area contributed by atoms with E-state index in [2.05, 4.69) is 10.3 Å². The molecule has 21 heavy (non-hydrogen) atoms. The largest absolute Gasteiger partial charge is 0.494 e. The summed E-state index contributed by atoms with van der Waals surface area (Å²) in [7, 11) is 1.30. The molecule has 1 N–H and O–H groups in total. The summed E-state index contributed by atoms with van der Waals surface area (Å²) in [5, 5.41) is 13.1. The first-order valence-electron chi connectivity index (χ1n) is 5.77. The first kappa shape index (κ1) is 14.4. The molecule has 0 atom stereocenters. The van der Waals surface area contributed by atoms with Gasteiger partial charge in [0, 0.05) is 12.3 Å². The smallest absolute Gasteiger partial charge is 0.273 e. The van der Waals surface area contributed by atoms with Crippen LogP contribution in [0.5, 0.6) is 5.75 Å². The molecule has 0 fully saturated rings. The second-order valence-electron chi connectivity index (χ2n) is 3.94. The molecule has 0 radical (unpaired) electrons. The van der Waals surface area contributed by atoms with Crippen molar-refractivity contribution in [3.05, 3.63) is 58.2 Å². The zero-order valence-electron chi connectivity index (χ0n) is 10.9. The minimum Gasteiger partial charge on any atom is -0.494 e. The van der Waals surface area contributed by atoms with Crippen molar-refractivity contribution >= 4 is 17.3 Å². The highest BCUT2D eigenvalue weighted by atomic mass is 19.1. The number of nitrogens with zero attached hydrogens (tertiary/aromatic N) is 2. The van der Waals surface area contributed by atoms with Crippen LogP contribution in [0.1, 0.15) is 10.4 Å². The number of rotatable bonds is 4. The minimum atomic E-state index is -0.907. The van der Waals surface area contributed by atoms with Gasteiger partial charge in [-0.2, -0.15) is 4.39 Å². The molecule has 0 aliphatic rings. The number of hydrogen-bond donors (Lipinski definition) is 1. The van der Waals surface area contributed by atoms with Crippen molar-refractivity contribution in [2.24, 2.45) is 0 Å². The molecule has 0 unspecified atom stereocenters.